The molecule has 1 saturated heterocycles. The molecule has 3 heterocycles. The van der Waals surface area contributed by atoms with E-state index in [9.17, 15) is 4.79 Å². The first-order valence-corrected chi connectivity index (χ1v) is 12.5. The van der Waals surface area contributed by atoms with Gasteiger partial charge in [0, 0.05) is 29.6 Å². The molecule has 166 valence electrons. The summed E-state index contributed by atoms with van der Waals surface area (Å²) in [6.45, 7) is 1.29. The van der Waals surface area contributed by atoms with Crippen LogP contribution in [0.15, 0.2) is 34.9 Å². The van der Waals surface area contributed by atoms with E-state index >= 15 is 0 Å². The quantitative estimate of drug-likeness (QED) is 0.553. The van der Waals surface area contributed by atoms with Gasteiger partial charge in [-0.1, -0.05) is 36.6 Å². The summed E-state index contributed by atoms with van der Waals surface area (Å²) in [4.78, 5) is 20.5. The van der Waals surface area contributed by atoms with Crippen molar-refractivity contribution >= 4 is 17.3 Å². The minimum Gasteiger partial charge on any atom is -0.481 e. The van der Waals surface area contributed by atoms with Crippen molar-refractivity contribution in [3.63, 3.8) is 0 Å². The van der Waals surface area contributed by atoms with Crippen molar-refractivity contribution in [2.24, 2.45) is 5.92 Å². The summed E-state index contributed by atoms with van der Waals surface area (Å²) in [6, 6.07) is 11.2. The van der Waals surface area contributed by atoms with Crippen LogP contribution in [0.1, 0.15) is 66.5 Å². The number of thiophene rings is 1. The Hall–Kier alpha value is -2.51. The smallest absolute Gasteiger partial charge is 0.309 e. The van der Waals surface area contributed by atoms with Gasteiger partial charge in [0.2, 0.25) is 5.82 Å². The average Bonchev–Trinajstić information content (AvgIpc) is 3.50. The van der Waals surface area contributed by atoms with Crippen molar-refractivity contribution in [1.29, 1.82) is 0 Å². The molecule has 1 aromatic carbocycles. The molecule has 2 aromatic heterocycles. The maximum absolute atomic E-state index is 11.1. The number of benzene rings is 1. The average molecular weight is 450 g/mol. The van der Waals surface area contributed by atoms with Gasteiger partial charge in [-0.05, 0) is 60.9 Å². The maximum atomic E-state index is 11.1. The number of fused-ring (bicyclic) bond motifs is 1. The van der Waals surface area contributed by atoms with Crippen LogP contribution < -0.4 is 0 Å². The van der Waals surface area contributed by atoms with Crippen LogP contribution >= 0.6 is 11.3 Å². The number of aliphatic carboxylic acids is 1. The molecule has 7 heteroatoms. The Bertz CT molecular complexity index is 1120. The second kappa shape index (κ2) is 8.12. The molecule has 0 bridgehead atoms. The minimum atomic E-state index is -0.684. The molecule has 3 aliphatic rings. The van der Waals surface area contributed by atoms with Crippen molar-refractivity contribution in [3.8, 4) is 22.2 Å². The summed E-state index contributed by atoms with van der Waals surface area (Å²) < 4.78 is 5.61. The first-order valence-electron chi connectivity index (χ1n) is 11.7. The van der Waals surface area contributed by atoms with Gasteiger partial charge in [0.1, 0.15) is 0 Å². The highest BCUT2D eigenvalue weighted by atomic mass is 32.1. The first kappa shape index (κ1) is 20.1. The lowest BCUT2D eigenvalue weighted by Crippen LogP contribution is -2.51. The van der Waals surface area contributed by atoms with E-state index in [2.05, 4.69) is 45.4 Å². The third-order valence-electron chi connectivity index (χ3n) is 7.43. The number of likely N-dealkylation sites (tertiary alicyclic amines) is 1. The number of rotatable bonds is 5. The van der Waals surface area contributed by atoms with Crippen molar-refractivity contribution in [1.82, 2.24) is 15.0 Å². The van der Waals surface area contributed by atoms with E-state index in [0.29, 0.717) is 36.8 Å². The molecule has 32 heavy (non-hydrogen) atoms. The van der Waals surface area contributed by atoms with E-state index in [4.69, 9.17) is 9.63 Å². The number of carbonyl (C=O) groups is 1. The number of hydrogen-bond acceptors (Lipinski definition) is 6. The Kier molecular flexibility index (Phi) is 5.11. The van der Waals surface area contributed by atoms with Crippen LogP contribution in [0.3, 0.4) is 0 Å². The molecule has 0 spiro atoms. The molecule has 0 amide bonds. The molecule has 6 rings (SSSR count). The van der Waals surface area contributed by atoms with E-state index in [1.165, 1.54) is 48.1 Å². The van der Waals surface area contributed by atoms with Gasteiger partial charge in [0.25, 0.3) is 5.89 Å². The molecule has 2 fully saturated rings. The van der Waals surface area contributed by atoms with Gasteiger partial charge in [0.15, 0.2) is 0 Å². The van der Waals surface area contributed by atoms with Gasteiger partial charge in [-0.3, -0.25) is 9.69 Å². The molecule has 1 unspecified atom stereocenters. The van der Waals surface area contributed by atoms with Gasteiger partial charge in [0.05, 0.1) is 10.8 Å². The molecule has 6 nitrogen and oxygen atoms in total. The largest absolute Gasteiger partial charge is 0.481 e. The number of aromatic nitrogens is 2. The highest BCUT2D eigenvalue weighted by molar-refractivity contribution is 7.15. The van der Waals surface area contributed by atoms with Gasteiger partial charge < -0.3 is 9.63 Å². The summed E-state index contributed by atoms with van der Waals surface area (Å²) in [5, 5.41) is 13.4. The number of carboxylic acids is 1. The minimum absolute atomic E-state index is 0.221. The van der Waals surface area contributed by atoms with Crippen molar-refractivity contribution in [2.45, 2.75) is 56.9 Å². The molecular formula is C25H27N3O3S. The third kappa shape index (κ3) is 3.57. The molecule has 0 radical (unpaired) electrons. The Morgan fingerprint density at radius 1 is 1.09 bits per heavy atom. The molecule has 1 saturated carbocycles. The lowest BCUT2D eigenvalue weighted by atomic mass is 9.84. The zero-order valence-corrected chi connectivity index (χ0v) is 18.8. The topological polar surface area (TPSA) is 79.5 Å². The van der Waals surface area contributed by atoms with Gasteiger partial charge in [-0.25, -0.2) is 0 Å². The van der Waals surface area contributed by atoms with Gasteiger partial charge >= 0.3 is 5.97 Å². The third-order valence-corrected chi connectivity index (χ3v) is 8.63. The highest BCUT2D eigenvalue weighted by Crippen LogP contribution is 2.45. The predicted octanol–water partition coefficient (Wildman–Crippen LogP) is 5.52. The van der Waals surface area contributed by atoms with Crippen LogP contribution in [0.4, 0.5) is 0 Å². The number of aryl methyl sites for hydroxylation is 1. The lowest BCUT2D eigenvalue weighted by Gasteiger charge is -2.41. The van der Waals surface area contributed by atoms with E-state index in [1.807, 2.05) is 0 Å². The fourth-order valence-corrected chi connectivity index (χ4v) is 6.69. The molecule has 2 aliphatic carbocycles. The Balaban J connectivity index is 1.17. The van der Waals surface area contributed by atoms with Crippen molar-refractivity contribution in [2.75, 3.05) is 13.1 Å². The second-order valence-electron chi connectivity index (χ2n) is 9.41. The highest BCUT2D eigenvalue weighted by Gasteiger charge is 2.40. The SMILES string of the molecule is O=C(O)C1CN(C2CCc3sc(-c4noc(-c5ccc(C6CCCCC6)cc5)n4)cc32)C1. The monoisotopic (exact) mass is 449 g/mol. The summed E-state index contributed by atoms with van der Waals surface area (Å²) in [5.74, 6) is 0.988. The second-order valence-corrected chi connectivity index (χ2v) is 10.5. The summed E-state index contributed by atoms with van der Waals surface area (Å²) in [6.07, 6.45) is 8.73. The molecule has 3 aromatic rings. The Morgan fingerprint density at radius 3 is 2.62 bits per heavy atom. The molecule has 1 aliphatic heterocycles. The first-order chi connectivity index (χ1) is 15.7. The zero-order valence-electron chi connectivity index (χ0n) is 18.0. The lowest BCUT2D eigenvalue weighted by molar-refractivity contribution is -0.148. The predicted molar refractivity (Wildman–Crippen MR) is 123 cm³/mol. The number of carboxylic acid groups (broad SMARTS) is 1. The van der Waals surface area contributed by atoms with Crippen molar-refractivity contribution in [3.05, 3.63) is 46.3 Å². The molecule has 1 atom stereocenters. The molecular weight excluding hydrogens is 422 g/mol. The maximum Gasteiger partial charge on any atom is 0.309 e. The van der Waals surface area contributed by atoms with Crippen LogP contribution in [-0.4, -0.2) is 39.2 Å². The number of hydrogen-bond donors (Lipinski definition) is 1. The van der Waals surface area contributed by atoms with E-state index in [0.717, 1.165) is 23.3 Å². The van der Waals surface area contributed by atoms with Crippen LogP contribution in [0.5, 0.6) is 0 Å². The van der Waals surface area contributed by atoms with E-state index in [1.54, 1.807) is 11.3 Å². The van der Waals surface area contributed by atoms with Crippen LogP contribution in [0.2, 0.25) is 0 Å². The fraction of sp³-hybridized carbons (Fsp3) is 0.480. The zero-order chi connectivity index (χ0) is 21.7. The fourth-order valence-electron chi connectivity index (χ4n) is 5.53. The summed E-state index contributed by atoms with van der Waals surface area (Å²) in [7, 11) is 0. The normalized spacial score (nSPS) is 22.1. The molecule has 1 N–H and O–H groups in total. The van der Waals surface area contributed by atoms with Gasteiger partial charge in [-0.2, -0.15) is 4.98 Å². The van der Waals surface area contributed by atoms with Gasteiger partial charge in [-0.15, -0.1) is 11.3 Å². The van der Waals surface area contributed by atoms with E-state index < -0.39 is 5.97 Å². The van der Waals surface area contributed by atoms with Crippen LogP contribution in [0.25, 0.3) is 22.2 Å². The number of nitrogens with zero attached hydrogens (tertiary/aromatic N) is 3. The summed E-state index contributed by atoms with van der Waals surface area (Å²) >= 11 is 1.74. The standard InChI is InChI=1S/C25H27N3O3S/c29-25(30)18-13-28(14-18)20-10-11-21-19(20)12-22(32-21)23-26-24(31-27-23)17-8-6-16(7-9-17)15-4-2-1-3-5-15/h6-9,12,15,18,20H,1-5,10-11,13-14H2,(H,29,30). The van der Waals surface area contributed by atoms with Crippen molar-refractivity contribution < 1.29 is 14.4 Å². The summed E-state index contributed by atoms with van der Waals surface area (Å²) in [5.41, 5.74) is 3.70. The Morgan fingerprint density at radius 2 is 1.88 bits per heavy atom. The van der Waals surface area contributed by atoms with E-state index in [-0.39, 0.29) is 5.92 Å². The Labute approximate surface area is 191 Å². The van der Waals surface area contributed by atoms with Crippen LogP contribution in [0, 0.1) is 5.92 Å². The van der Waals surface area contributed by atoms with Crippen LogP contribution in [-0.2, 0) is 11.2 Å².